The van der Waals surface area contributed by atoms with Crippen LogP contribution in [0.3, 0.4) is 0 Å². The monoisotopic (exact) mass is 396 g/mol. The van der Waals surface area contributed by atoms with Crippen LogP contribution in [-0.2, 0) is 15.7 Å². The van der Waals surface area contributed by atoms with Crippen molar-refractivity contribution in [3.63, 3.8) is 0 Å². The van der Waals surface area contributed by atoms with E-state index in [0.29, 0.717) is 19.4 Å². The van der Waals surface area contributed by atoms with Gasteiger partial charge in [-0.05, 0) is 31.4 Å². The van der Waals surface area contributed by atoms with Crippen LogP contribution in [0.2, 0.25) is 0 Å². The van der Waals surface area contributed by atoms with Gasteiger partial charge in [-0.25, -0.2) is 0 Å². The molecule has 1 fully saturated rings. The third kappa shape index (κ3) is 6.03. The van der Waals surface area contributed by atoms with Gasteiger partial charge in [-0.2, -0.15) is 13.2 Å². The Kier molecular flexibility index (Phi) is 8.66. The van der Waals surface area contributed by atoms with Crippen molar-refractivity contribution >= 4 is 18.3 Å². The number of hydrogen-bond donors (Lipinski definition) is 2. The zero-order valence-corrected chi connectivity index (χ0v) is 15.2. The number of nitrogens with one attached hydrogen (secondary N) is 1. The molecule has 0 spiro atoms. The summed E-state index contributed by atoms with van der Waals surface area (Å²) >= 11 is 0. The standard InChI is InChI=1S/C17H23F3N2O3.ClH/c1-2-11(10-22-16(23)15-8-7-12(9-21)25-15)24-14-6-4-3-5-13(14)17(18,19)20;/h3-6,11-12,15H,2,7-10,21H2,1H3,(H,22,23);1H/t11?,12-,15+;/m1./s1. The summed E-state index contributed by atoms with van der Waals surface area (Å²) in [5.74, 6) is -0.529. The molecule has 1 aromatic carbocycles. The van der Waals surface area contributed by atoms with Gasteiger partial charge in [-0.15, -0.1) is 12.4 Å². The fraction of sp³-hybridized carbons (Fsp3) is 0.588. The second-order valence-electron chi connectivity index (χ2n) is 5.95. The zero-order chi connectivity index (χ0) is 18.4. The zero-order valence-electron chi connectivity index (χ0n) is 14.4. The average Bonchev–Trinajstić information content (AvgIpc) is 3.07. The minimum absolute atomic E-state index is 0. The number of carbonyl (C=O) groups is 1. The molecule has 1 aromatic rings. The van der Waals surface area contributed by atoms with E-state index in [2.05, 4.69) is 5.32 Å². The first-order chi connectivity index (χ1) is 11.8. The number of halogens is 4. The number of benzene rings is 1. The van der Waals surface area contributed by atoms with Crippen LogP contribution in [0.15, 0.2) is 24.3 Å². The van der Waals surface area contributed by atoms with Gasteiger partial charge in [-0.3, -0.25) is 4.79 Å². The first kappa shape index (κ1) is 22.5. The van der Waals surface area contributed by atoms with Gasteiger partial charge >= 0.3 is 6.18 Å². The Balaban J connectivity index is 0.00000338. The number of para-hydroxylation sites is 1. The topological polar surface area (TPSA) is 73.6 Å². The van der Waals surface area contributed by atoms with E-state index in [0.717, 1.165) is 12.5 Å². The van der Waals surface area contributed by atoms with Crippen LogP contribution in [0.25, 0.3) is 0 Å². The van der Waals surface area contributed by atoms with E-state index < -0.39 is 23.9 Å². The Labute approximate surface area is 156 Å². The number of ether oxygens (including phenoxy) is 2. The molecule has 0 aromatic heterocycles. The van der Waals surface area contributed by atoms with Crippen molar-refractivity contribution in [3.05, 3.63) is 29.8 Å². The first-order valence-corrected chi connectivity index (χ1v) is 8.31. The summed E-state index contributed by atoms with van der Waals surface area (Å²) in [4.78, 5) is 12.1. The molecule has 3 atom stereocenters. The maximum absolute atomic E-state index is 13.0. The number of rotatable bonds is 7. The molecule has 0 saturated carbocycles. The fourth-order valence-corrected chi connectivity index (χ4v) is 2.65. The summed E-state index contributed by atoms with van der Waals surface area (Å²) in [6.07, 6.45) is -3.99. The SMILES string of the molecule is CCC(CNC(=O)[C@@H]1CC[C@H](CN)O1)Oc1ccccc1C(F)(F)F.Cl. The molecule has 9 heteroatoms. The number of amides is 1. The average molecular weight is 397 g/mol. The quantitative estimate of drug-likeness (QED) is 0.743. The highest BCUT2D eigenvalue weighted by Gasteiger charge is 2.35. The summed E-state index contributed by atoms with van der Waals surface area (Å²) in [6, 6.07) is 5.04. The second kappa shape index (κ2) is 9.99. The fourth-order valence-electron chi connectivity index (χ4n) is 2.65. The maximum Gasteiger partial charge on any atom is 0.419 e. The highest BCUT2D eigenvalue weighted by Crippen LogP contribution is 2.36. The minimum Gasteiger partial charge on any atom is -0.488 e. The molecule has 1 unspecified atom stereocenters. The lowest BCUT2D eigenvalue weighted by molar-refractivity contribution is -0.139. The van der Waals surface area contributed by atoms with Crippen LogP contribution in [0, 0.1) is 0 Å². The van der Waals surface area contributed by atoms with E-state index in [1.165, 1.54) is 18.2 Å². The Morgan fingerprint density at radius 2 is 2.08 bits per heavy atom. The number of hydrogen-bond acceptors (Lipinski definition) is 4. The van der Waals surface area contributed by atoms with Gasteiger partial charge in [-0.1, -0.05) is 19.1 Å². The van der Waals surface area contributed by atoms with Gasteiger partial charge < -0.3 is 20.5 Å². The molecule has 0 radical (unpaired) electrons. The largest absolute Gasteiger partial charge is 0.488 e. The lowest BCUT2D eigenvalue weighted by Gasteiger charge is -2.22. The molecule has 1 aliphatic heterocycles. The van der Waals surface area contributed by atoms with Gasteiger partial charge in [0.2, 0.25) is 5.91 Å². The maximum atomic E-state index is 13.0. The molecular formula is C17H24ClF3N2O3. The van der Waals surface area contributed by atoms with Crippen molar-refractivity contribution in [2.24, 2.45) is 5.73 Å². The van der Waals surface area contributed by atoms with E-state index in [4.69, 9.17) is 15.2 Å². The summed E-state index contributed by atoms with van der Waals surface area (Å²) < 4.78 is 50.0. The van der Waals surface area contributed by atoms with E-state index in [-0.39, 0.29) is 36.7 Å². The number of carbonyl (C=O) groups excluding carboxylic acids is 1. The van der Waals surface area contributed by atoms with Crippen LogP contribution in [-0.4, -0.2) is 37.3 Å². The van der Waals surface area contributed by atoms with Gasteiger partial charge in [0.1, 0.15) is 18.0 Å². The Morgan fingerprint density at radius 3 is 2.65 bits per heavy atom. The molecule has 148 valence electrons. The van der Waals surface area contributed by atoms with Gasteiger partial charge in [0.25, 0.3) is 0 Å². The molecule has 5 nitrogen and oxygen atoms in total. The molecule has 1 amide bonds. The number of alkyl halides is 3. The van der Waals surface area contributed by atoms with Crippen molar-refractivity contribution in [1.29, 1.82) is 0 Å². The highest BCUT2D eigenvalue weighted by molar-refractivity contribution is 5.85. The predicted octanol–water partition coefficient (Wildman–Crippen LogP) is 2.91. The minimum atomic E-state index is -4.49. The molecule has 1 aliphatic rings. The first-order valence-electron chi connectivity index (χ1n) is 8.31. The van der Waals surface area contributed by atoms with Crippen LogP contribution < -0.4 is 15.8 Å². The van der Waals surface area contributed by atoms with E-state index in [1.54, 1.807) is 6.92 Å². The normalized spacial score (nSPS) is 21.0. The second-order valence-corrected chi connectivity index (χ2v) is 5.95. The molecule has 0 aliphatic carbocycles. The van der Waals surface area contributed by atoms with Crippen LogP contribution >= 0.6 is 12.4 Å². The predicted molar refractivity (Wildman–Crippen MR) is 93.4 cm³/mol. The van der Waals surface area contributed by atoms with Gasteiger partial charge in [0.15, 0.2) is 0 Å². The Morgan fingerprint density at radius 1 is 1.38 bits per heavy atom. The van der Waals surface area contributed by atoms with Crippen molar-refractivity contribution in [2.45, 2.75) is 50.7 Å². The summed E-state index contributed by atoms with van der Waals surface area (Å²) in [7, 11) is 0. The molecular weight excluding hydrogens is 373 g/mol. The molecule has 1 saturated heterocycles. The highest BCUT2D eigenvalue weighted by atomic mass is 35.5. The smallest absolute Gasteiger partial charge is 0.419 e. The molecule has 0 bridgehead atoms. The summed E-state index contributed by atoms with van der Waals surface area (Å²) in [6.45, 7) is 2.25. The molecule has 2 rings (SSSR count). The van der Waals surface area contributed by atoms with Crippen molar-refractivity contribution in [1.82, 2.24) is 5.32 Å². The molecule has 1 heterocycles. The Hall–Kier alpha value is -1.51. The third-order valence-electron chi connectivity index (χ3n) is 4.11. The summed E-state index contributed by atoms with van der Waals surface area (Å²) in [5, 5.41) is 2.69. The van der Waals surface area contributed by atoms with Crippen molar-refractivity contribution in [3.8, 4) is 5.75 Å². The van der Waals surface area contributed by atoms with Gasteiger partial charge in [0.05, 0.1) is 18.2 Å². The van der Waals surface area contributed by atoms with Crippen LogP contribution in [0.4, 0.5) is 13.2 Å². The van der Waals surface area contributed by atoms with Crippen LogP contribution in [0.5, 0.6) is 5.75 Å². The van der Waals surface area contributed by atoms with Gasteiger partial charge in [0, 0.05) is 6.54 Å². The lowest BCUT2D eigenvalue weighted by Crippen LogP contribution is -2.41. The molecule has 26 heavy (non-hydrogen) atoms. The molecule has 3 N–H and O–H groups in total. The van der Waals surface area contributed by atoms with Crippen molar-refractivity contribution < 1.29 is 27.4 Å². The number of nitrogens with two attached hydrogens (primary N) is 1. The Bertz CT molecular complexity index is 587. The van der Waals surface area contributed by atoms with E-state index in [1.807, 2.05) is 0 Å². The third-order valence-corrected chi connectivity index (χ3v) is 4.11. The van der Waals surface area contributed by atoms with Crippen molar-refractivity contribution in [2.75, 3.05) is 13.1 Å². The van der Waals surface area contributed by atoms with E-state index >= 15 is 0 Å². The van der Waals surface area contributed by atoms with Crippen LogP contribution in [0.1, 0.15) is 31.7 Å². The lowest BCUT2D eigenvalue weighted by atomic mass is 10.1. The van der Waals surface area contributed by atoms with E-state index in [9.17, 15) is 18.0 Å². The summed E-state index contributed by atoms with van der Waals surface area (Å²) in [5.41, 5.74) is 4.68.